The van der Waals surface area contributed by atoms with Crippen LogP contribution in [0.5, 0.6) is 0 Å². The molecule has 0 saturated heterocycles. The van der Waals surface area contributed by atoms with Crippen LogP contribution in [0.1, 0.15) is 20.8 Å². The maximum absolute atomic E-state index is 11.2. The molecule has 0 unspecified atom stereocenters. The van der Waals surface area contributed by atoms with E-state index in [0.717, 1.165) is 0 Å². The Bertz CT molecular complexity index is 270. The third-order valence-electron chi connectivity index (χ3n) is 1.09. The molecule has 1 rings (SSSR count). The Labute approximate surface area is 71.6 Å². The molecule has 0 spiro atoms. The second-order valence-electron chi connectivity index (χ2n) is 3.43. The van der Waals surface area contributed by atoms with Crippen molar-refractivity contribution in [1.82, 2.24) is 4.90 Å². The van der Waals surface area contributed by atoms with Gasteiger partial charge in [-0.05, 0) is 32.2 Å². The molecule has 12 heavy (non-hydrogen) atoms. The molecule has 1 amide bonds. The second kappa shape index (κ2) is 2.90. The average Bonchev–Trinajstić information content (AvgIpc) is 2.32. The van der Waals surface area contributed by atoms with E-state index in [-0.39, 0.29) is 0 Å². The van der Waals surface area contributed by atoms with E-state index in [0.29, 0.717) is 0 Å². The largest absolute Gasteiger partial charge is 0.443 e. The summed E-state index contributed by atoms with van der Waals surface area (Å²) >= 11 is 0. The lowest BCUT2D eigenvalue weighted by Crippen LogP contribution is -2.30. The smallest absolute Gasteiger partial charge is 0.419 e. The maximum atomic E-state index is 11.2. The van der Waals surface area contributed by atoms with Gasteiger partial charge in [0, 0.05) is 0 Å². The molecule has 0 aromatic heterocycles. The van der Waals surface area contributed by atoms with Gasteiger partial charge in [0.2, 0.25) is 0 Å². The summed E-state index contributed by atoms with van der Waals surface area (Å²) in [7, 11) is 0. The Morgan fingerprint density at radius 2 is 1.83 bits per heavy atom. The quantitative estimate of drug-likeness (QED) is 0.514. The summed E-state index contributed by atoms with van der Waals surface area (Å²) in [5, 5.41) is 0. The molecule has 0 radical (unpaired) electrons. The molecular formula is C9H11NO2. The van der Waals surface area contributed by atoms with Crippen molar-refractivity contribution in [3.63, 3.8) is 0 Å². The minimum absolute atomic E-state index is 0.403. The predicted molar refractivity (Wildman–Crippen MR) is 44.2 cm³/mol. The lowest BCUT2D eigenvalue weighted by atomic mass is 10.2. The molecule has 0 atom stereocenters. The number of rotatable bonds is 0. The molecule has 0 bridgehead atoms. The second-order valence-corrected chi connectivity index (χ2v) is 3.43. The number of nitrogens with zero attached hydrogens (tertiary/aromatic N) is 1. The van der Waals surface area contributed by atoms with E-state index in [2.05, 4.69) is 11.5 Å². The Balaban J connectivity index is 2.52. The summed E-state index contributed by atoms with van der Waals surface area (Å²) in [6, 6.07) is 0. The summed E-state index contributed by atoms with van der Waals surface area (Å²) in [5.41, 5.74) is 4.81. The van der Waals surface area contributed by atoms with Gasteiger partial charge in [0.05, 0.1) is 12.4 Å². The minimum atomic E-state index is -0.457. The van der Waals surface area contributed by atoms with Crippen LogP contribution >= 0.6 is 0 Å². The van der Waals surface area contributed by atoms with Crippen LogP contribution in [0, 0.1) is 0 Å². The molecule has 1 heterocycles. The van der Waals surface area contributed by atoms with Gasteiger partial charge in [-0.25, -0.2) is 9.69 Å². The summed E-state index contributed by atoms with van der Waals surface area (Å²) in [6.07, 6.45) is 2.56. The first kappa shape index (κ1) is 8.66. The fourth-order valence-electron chi connectivity index (χ4n) is 0.671. The molecule has 64 valence electrons. The highest BCUT2D eigenvalue weighted by Crippen LogP contribution is 2.10. The van der Waals surface area contributed by atoms with E-state index in [1.807, 2.05) is 20.8 Å². The fourth-order valence-corrected chi connectivity index (χ4v) is 0.671. The number of ether oxygens (including phenoxy) is 1. The zero-order valence-electron chi connectivity index (χ0n) is 7.42. The van der Waals surface area contributed by atoms with Crippen molar-refractivity contribution in [2.24, 2.45) is 0 Å². The summed E-state index contributed by atoms with van der Waals surface area (Å²) in [5.74, 6) is 0. The monoisotopic (exact) mass is 165 g/mol. The first-order valence-electron chi connectivity index (χ1n) is 3.68. The number of hydrogen-bond acceptors (Lipinski definition) is 2. The molecule has 3 nitrogen and oxygen atoms in total. The van der Waals surface area contributed by atoms with Crippen LogP contribution in [0.4, 0.5) is 4.79 Å². The standard InChI is InChI=1S/C9H11NO2/c1-9(2,3)12-8(11)10-6-4-5-7-10/h6-7H,1-3H3. The highest BCUT2D eigenvalue weighted by Gasteiger charge is 2.19. The van der Waals surface area contributed by atoms with Gasteiger partial charge in [0.15, 0.2) is 0 Å². The highest BCUT2D eigenvalue weighted by atomic mass is 16.6. The number of carbonyl (C=O) groups is 1. The summed E-state index contributed by atoms with van der Waals surface area (Å²) < 4.78 is 5.07. The molecule has 0 aromatic rings. The third-order valence-corrected chi connectivity index (χ3v) is 1.09. The zero-order valence-corrected chi connectivity index (χ0v) is 7.42. The van der Waals surface area contributed by atoms with E-state index < -0.39 is 11.7 Å². The normalized spacial score (nSPS) is 14.1. The lowest BCUT2D eigenvalue weighted by molar-refractivity contribution is 0.0402. The van der Waals surface area contributed by atoms with Crippen molar-refractivity contribution >= 4 is 6.09 Å². The Hall–Kier alpha value is -1.43. The Morgan fingerprint density at radius 1 is 1.33 bits per heavy atom. The minimum Gasteiger partial charge on any atom is -0.443 e. The molecule has 0 aliphatic carbocycles. The van der Waals surface area contributed by atoms with Gasteiger partial charge >= 0.3 is 6.09 Å². The first-order chi connectivity index (χ1) is 5.49. The van der Waals surface area contributed by atoms with Crippen molar-refractivity contribution in [2.75, 3.05) is 0 Å². The van der Waals surface area contributed by atoms with Crippen LogP contribution in [0.15, 0.2) is 23.9 Å². The zero-order chi connectivity index (χ0) is 9.19. The van der Waals surface area contributed by atoms with Gasteiger partial charge in [-0.15, -0.1) is 0 Å². The van der Waals surface area contributed by atoms with Crippen LogP contribution in [-0.2, 0) is 4.74 Å². The highest BCUT2D eigenvalue weighted by molar-refractivity contribution is 5.71. The van der Waals surface area contributed by atoms with E-state index >= 15 is 0 Å². The fraction of sp³-hybridized carbons (Fsp3) is 0.444. The Morgan fingerprint density at radius 3 is 2.25 bits per heavy atom. The molecular weight excluding hydrogens is 154 g/mol. The topological polar surface area (TPSA) is 29.5 Å². The average molecular weight is 165 g/mol. The van der Waals surface area contributed by atoms with Gasteiger partial charge in [0.25, 0.3) is 0 Å². The van der Waals surface area contributed by atoms with Crippen LogP contribution in [0.25, 0.3) is 0 Å². The summed E-state index contributed by atoms with van der Waals surface area (Å²) in [6.45, 7) is 5.46. The van der Waals surface area contributed by atoms with Crippen LogP contribution in [0.3, 0.4) is 0 Å². The van der Waals surface area contributed by atoms with E-state index in [1.54, 1.807) is 0 Å². The van der Waals surface area contributed by atoms with Gasteiger partial charge < -0.3 is 4.74 Å². The van der Waals surface area contributed by atoms with E-state index in [9.17, 15) is 4.79 Å². The SMILES string of the molecule is CC(C)(C)OC(=O)N1C=C=C=C1. The molecule has 0 N–H and O–H groups in total. The van der Waals surface area contributed by atoms with Crippen LogP contribution in [0.2, 0.25) is 0 Å². The van der Waals surface area contributed by atoms with Crippen molar-refractivity contribution in [1.29, 1.82) is 0 Å². The van der Waals surface area contributed by atoms with E-state index in [1.165, 1.54) is 17.3 Å². The van der Waals surface area contributed by atoms with Crippen molar-refractivity contribution in [3.05, 3.63) is 23.9 Å². The van der Waals surface area contributed by atoms with Gasteiger partial charge in [0.1, 0.15) is 5.60 Å². The molecule has 0 fully saturated rings. The number of carbonyl (C=O) groups excluding carboxylic acids is 1. The van der Waals surface area contributed by atoms with Crippen molar-refractivity contribution in [3.8, 4) is 0 Å². The van der Waals surface area contributed by atoms with Gasteiger partial charge in [-0.1, -0.05) is 0 Å². The first-order valence-corrected chi connectivity index (χ1v) is 3.68. The number of amides is 1. The summed E-state index contributed by atoms with van der Waals surface area (Å²) in [4.78, 5) is 12.5. The third kappa shape index (κ3) is 2.31. The maximum Gasteiger partial charge on any atom is 0.419 e. The predicted octanol–water partition coefficient (Wildman–Crippen LogP) is 2.02. The van der Waals surface area contributed by atoms with Crippen molar-refractivity contribution in [2.45, 2.75) is 26.4 Å². The molecule has 1 aliphatic rings. The van der Waals surface area contributed by atoms with Gasteiger partial charge in [-0.3, -0.25) is 0 Å². The lowest BCUT2D eigenvalue weighted by Gasteiger charge is -2.21. The molecule has 0 aromatic carbocycles. The number of hydrogen-bond donors (Lipinski definition) is 0. The van der Waals surface area contributed by atoms with Gasteiger partial charge in [-0.2, -0.15) is 0 Å². The van der Waals surface area contributed by atoms with Crippen LogP contribution in [-0.4, -0.2) is 16.6 Å². The van der Waals surface area contributed by atoms with Crippen molar-refractivity contribution < 1.29 is 9.53 Å². The molecule has 3 heteroatoms. The Kier molecular flexibility index (Phi) is 2.09. The molecule has 1 aliphatic heterocycles. The van der Waals surface area contributed by atoms with Crippen LogP contribution < -0.4 is 0 Å². The van der Waals surface area contributed by atoms with E-state index in [4.69, 9.17) is 4.74 Å². The molecule has 0 saturated carbocycles.